The minimum Gasteiger partial charge on any atom is -0.134 e. The van der Waals surface area contributed by atoms with E-state index < -0.39 is 5.41 Å². The highest BCUT2D eigenvalue weighted by molar-refractivity contribution is 7.27. The van der Waals surface area contributed by atoms with Crippen LogP contribution in [0.5, 0.6) is 0 Å². The fourth-order valence-electron chi connectivity index (χ4n) is 10.6. The second kappa shape index (κ2) is 14.4. The maximum atomic E-state index is 2.49. The Balaban J connectivity index is 1.03. The van der Waals surface area contributed by atoms with E-state index in [0.29, 0.717) is 0 Å². The Hall–Kier alpha value is -7.36. The van der Waals surface area contributed by atoms with Crippen molar-refractivity contribution in [2.45, 2.75) is 5.41 Å². The fraction of sp³-hybridized carbons (Fsp3) is 0.0164. The molecule has 12 aromatic rings. The summed E-state index contributed by atoms with van der Waals surface area (Å²) in [7, 11) is 0. The van der Waals surface area contributed by atoms with E-state index in [-0.39, 0.29) is 0 Å². The van der Waals surface area contributed by atoms with E-state index in [1.807, 2.05) is 22.7 Å². The highest BCUT2D eigenvalue weighted by Crippen LogP contribution is 2.57. The maximum Gasteiger partial charge on any atom is 0.0713 e. The van der Waals surface area contributed by atoms with Gasteiger partial charge in [0.15, 0.2) is 0 Å². The summed E-state index contributed by atoms with van der Waals surface area (Å²) in [5.41, 5.74) is 17.3. The van der Waals surface area contributed by atoms with E-state index in [2.05, 4.69) is 231 Å². The van der Waals surface area contributed by atoms with Gasteiger partial charge in [0.25, 0.3) is 0 Å². The third-order valence-corrected chi connectivity index (χ3v) is 16.0. The average Bonchev–Trinajstić information content (AvgIpc) is 4.04. The molecule has 1 aliphatic carbocycles. The van der Waals surface area contributed by atoms with Crippen molar-refractivity contribution in [3.8, 4) is 55.6 Å². The molecule has 0 fully saturated rings. The van der Waals surface area contributed by atoms with Crippen LogP contribution >= 0.6 is 22.7 Å². The molecule has 0 N–H and O–H groups in total. The van der Waals surface area contributed by atoms with Crippen molar-refractivity contribution in [3.63, 3.8) is 0 Å². The van der Waals surface area contributed by atoms with E-state index in [9.17, 15) is 0 Å². The van der Waals surface area contributed by atoms with Gasteiger partial charge in [-0.2, -0.15) is 0 Å². The number of hydrogen-bond donors (Lipinski definition) is 0. The van der Waals surface area contributed by atoms with Gasteiger partial charge in [-0.3, -0.25) is 0 Å². The molecule has 0 bridgehead atoms. The van der Waals surface area contributed by atoms with Crippen molar-refractivity contribution in [1.29, 1.82) is 0 Å². The van der Waals surface area contributed by atoms with E-state index >= 15 is 0 Å². The van der Waals surface area contributed by atoms with Crippen LogP contribution in [0.25, 0.3) is 96.0 Å². The lowest BCUT2D eigenvalue weighted by molar-refractivity contribution is 0.769. The number of hydrogen-bond acceptors (Lipinski definition) is 2. The Labute approximate surface area is 374 Å². The van der Waals surface area contributed by atoms with Crippen molar-refractivity contribution >= 4 is 63.0 Å². The molecule has 0 saturated heterocycles. The summed E-state index contributed by atoms with van der Waals surface area (Å²) in [5, 5.41) is 5.24. The number of fused-ring (bicyclic) bond motifs is 9. The molecular formula is C61H38S2. The van der Waals surface area contributed by atoms with Crippen LogP contribution in [0.3, 0.4) is 0 Å². The van der Waals surface area contributed by atoms with Crippen LogP contribution in [0.15, 0.2) is 231 Å². The van der Waals surface area contributed by atoms with E-state index in [4.69, 9.17) is 0 Å². The van der Waals surface area contributed by atoms with Crippen LogP contribution < -0.4 is 0 Å². The molecule has 0 atom stereocenters. The number of benzene rings is 10. The van der Waals surface area contributed by atoms with Crippen LogP contribution in [0.4, 0.5) is 0 Å². The zero-order valence-electron chi connectivity index (χ0n) is 34.3. The molecular weight excluding hydrogens is 797 g/mol. The van der Waals surface area contributed by atoms with Crippen LogP contribution in [-0.2, 0) is 5.41 Å². The fourth-order valence-corrected chi connectivity index (χ4v) is 13.4. The minimum absolute atomic E-state index is 0.553. The molecule has 0 aliphatic heterocycles. The molecule has 0 amide bonds. The smallest absolute Gasteiger partial charge is 0.0713 e. The van der Waals surface area contributed by atoms with E-state index in [1.165, 1.54) is 118 Å². The molecule has 1 aliphatic rings. The second-order valence-corrected chi connectivity index (χ2v) is 18.7. The SMILES string of the molecule is c1ccc(-c2cccc3c2sc2c(-c4cccc(C5(c6cccc(-c7cccc8c7sc7c(-c9ccccc9)cccc78)c6)c6ccccc6-c6ccccc65)c4)cccc23)cc1. The number of thiophene rings is 2. The van der Waals surface area contributed by atoms with Gasteiger partial charge in [0, 0.05) is 40.3 Å². The van der Waals surface area contributed by atoms with E-state index in [0.717, 1.165) is 0 Å². The molecule has 2 aromatic heterocycles. The van der Waals surface area contributed by atoms with Crippen LogP contribution in [0.2, 0.25) is 0 Å². The van der Waals surface area contributed by atoms with Gasteiger partial charge < -0.3 is 0 Å². The molecule has 13 rings (SSSR count). The largest absolute Gasteiger partial charge is 0.134 e. The van der Waals surface area contributed by atoms with Crippen LogP contribution in [0, 0.1) is 0 Å². The molecule has 2 heterocycles. The summed E-state index contributed by atoms with van der Waals surface area (Å²) >= 11 is 3.84. The average molecular weight is 835 g/mol. The summed E-state index contributed by atoms with van der Waals surface area (Å²) in [6.07, 6.45) is 0. The predicted octanol–water partition coefficient (Wildman–Crippen LogP) is 17.5. The summed E-state index contributed by atoms with van der Waals surface area (Å²) in [5.74, 6) is 0. The highest BCUT2D eigenvalue weighted by Gasteiger charge is 2.46. The zero-order chi connectivity index (χ0) is 41.5. The second-order valence-electron chi connectivity index (χ2n) is 16.7. The van der Waals surface area contributed by atoms with Crippen LogP contribution in [0.1, 0.15) is 22.3 Å². The Morgan fingerprint density at radius 3 is 0.937 bits per heavy atom. The molecule has 0 unspecified atom stereocenters. The van der Waals surface area contributed by atoms with Gasteiger partial charge in [-0.25, -0.2) is 0 Å². The molecule has 0 saturated carbocycles. The van der Waals surface area contributed by atoms with Crippen molar-refractivity contribution in [3.05, 3.63) is 253 Å². The standard InChI is InChI=1S/C61H38S2/c1-3-17-39(18-4-1)45-27-13-31-51-53-33-15-29-47(59(53)62-57(45)51)41-21-11-23-43(37-41)61(55-35-9-7-25-49(55)50-26-8-10-36-56(50)61)44-24-12-22-42(38-44)48-30-16-34-54-52-32-14-28-46(58(52)63-60(48)54)40-19-5-2-6-20-40/h1-38H. The zero-order valence-corrected chi connectivity index (χ0v) is 35.9. The Morgan fingerprint density at radius 2 is 0.540 bits per heavy atom. The third kappa shape index (κ3) is 5.45. The first-order valence-electron chi connectivity index (χ1n) is 21.7. The normalized spacial score (nSPS) is 12.9. The summed E-state index contributed by atoms with van der Waals surface area (Å²) in [6.45, 7) is 0. The Bertz CT molecular complexity index is 3490. The summed E-state index contributed by atoms with van der Waals surface area (Å²) < 4.78 is 5.31. The minimum atomic E-state index is -0.553. The topological polar surface area (TPSA) is 0 Å². The Morgan fingerprint density at radius 1 is 0.238 bits per heavy atom. The number of rotatable bonds is 6. The maximum absolute atomic E-state index is 2.49. The van der Waals surface area contributed by atoms with Crippen LogP contribution in [-0.4, -0.2) is 0 Å². The lowest BCUT2D eigenvalue weighted by atomic mass is 9.67. The van der Waals surface area contributed by atoms with Crippen molar-refractivity contribution in [2.24, 2.45) is 0 Å². The summed E-state index contributed by atoms with van der Waals surface area (Å²) in [6, 6.07) is 85.9. The first-order chi connectivity index (χ1) is 31.3. The summed E-state index contributed by atoms with van der Waals surface area (Å²) in [4.78, 5) is 0. The van der Waals surface area contributed by atoms with Crippen molar-refractivity contribution < 1.29 is 0 Å². The van der Waals surface area contributed by atoms with Gasteiger partial charge in [0.05, 0.1) is 5.41 Å². The van der Waals surface area contributed by atoms with Crippen molar-refractivity contribution in [1.82, 2.24) is 0 Å². The van der Waals surface area contributed by atoms with Gasteiger partial charge in [-0.15, -0.1) is 22.7 Å². The first-order valence-corrected chi connectivity index (χ1v) is 23.3. The predicted molar refractivity (Wildman–Crippen MR) is 271 cm³/mol. The molecule has 0 spiro atoms. The lowest BCUT2D eigenvalue weighted by Crippen LogP contribution is -2.28. The Kier molecular flexibility index (Phi) is 8.27. The van der Waals surface area contributed by atoms with Gasteiger partial charge in [0.2, 0.25) is 0 Å². The van der Waals surface area contributed by atoms with Gasteiger partial charge >= 0.3 is 0 Å². The molecule has 63 heavy (non-hydrogen) atoms. The first kappa shape index (κ1) is 36.3. The molecule has 0 nitrogen and oxygen atoms in total. The molecule has 10 aromatic carbocycles. The molecule has 294 valence electrons. The molecule has 2 heteroatoms. The van der Waals surface area contributed by atoms with Gasteiger partial charge in [-0.1, -0.05) is 218 Å². The monoisotopic (exact) mass is 834 g/mol. The van der Waals surface area contributed by atoms with E-state index in [1.54, 1.807) is 0 Å². The van der Waals surface area contributed by atoms with Gasteiger partial charge in [-0.05, 0) is 90.0 Å². The van der Waals surface area contributed by atoms with Gasteiger partial charge in [0.1, 0.15) is 0 Å². The van der Waals surface area contributed by atoms with Crippen molar-refractivity contribution in [2.75, 3.05) is 0 Å². The molecule has 0 radical (unpaired) electrons. The quantitative estimate of drug-likeness (QED) is 0.157. The highest BCUT2D eigenvalue weighted by atomic mass is 32.1. The third-order valence-electron chi connectivity index (χ3n) is 13.4. The lowest BCUT2D eigenvalue weighted by Gasteiger charge is -2.34.